The van der Waals surface area contributed by atoms with Gasteiger partial charge >= 0.3 is 10.2 Å². The summed E-state index contributed by atoms with van der Waals surface area (Å²) in [6, 6.07) is 9.90. The van der Waals surface area contributed by atoms with Gasteiger partial charge in [0.05, 0.1) is 10.6 Å². The Bertz CT molecular complexity index is 1210. The van der Waals surface area contributed by atoms with Crippen LogP contribution in [0.3, 0.4) is 0 Å². The lowest BCUT2D eigenvalue weighted by Gasteiger charge is -2.04. The van der Waals surface area contributed by atoms with Crippen molar-refractivity contribution in [3.05, 3.63) is 63.7 Å². The largest absolute Gasteiger partial charge is 0.507 e. The van der Waals surface area contributed by atoms with E-state index in [9.17, 15) is 27.5 Å². The molecule has 3 aromatic rings. The molecule has 8 nitrogen and oxygen atoms in total. The van der Waals surface area contributed by atoms with E-state index >= 15 is 0 Å². The van der Waals surface area contributed by atoms with Gasteiger partial charge in [-0.25, -0.2) is 0 Å². The van der Waals surface area contributed by atoms with Crippen molar-refractivity contribution in [3.63, 3.8) is 0 Å². The number of fused-ring (bicyclic) bond motifs is 1. The van der Waals surface area contributed by atoms with Crippen LogP contribution in [0.2, 0.25) is 5.02 Å². The molecular weight excluding hydrogens is 401 g/mol. The Labute approximate surface area is 156 Å². The number of phenols is 1. The lowest BCUT2D eigenvalue weighted by Crippen LogP contribution is -1.95. The van der Waals surface area contributed by atoms with Crippen molar-refractivity contribution < 1.29 is 22.3 Å². The molecule has 0 fully saturated rings. The van der Waals surface area contributed by atoms with Crippen LogP contribution in [0.1, 0.15) is 0 Å². The maximum atomic E-state index is 13.1. The van der Waals surface area contributed by atoms with Gasteiger partial charge in [-0.2, -0.15) is 8.42 Å². The normalized spacial score (nSPS) is 11.9. The monoisotopic (exact) mass is 409 g/mol. The molecule has 3 aromatic carbocycles. The molecule has 0 aliphatic carbocycles. The van der Waals surface area contributed by atoms with Crippen LogP contribution in [0.5, 0.6) is 5.75 Å². The van der Waals surface area contributed by atoms with Crippen molar-refractivity contribution in [2.45, 2.75) is 4.90 Å². The van der Waals surface area contributed by atoms with Crippen LogP contribution in [-0.2, 0) is 10.2 Å². The smallest absolute Gasteiger partial charge is 0.332 e. The quantitative estimate of drug-likeness (QED) is 0.275. The van der Waals surface area contributed by atoms with Crippen LogP contribution < -0.4 is 0 Å². The molecule has 0 bridgehead atoms. The van der Waals surface area contributed by atoms with Crippen molar-refractivity contribution in [1.29, 1.82) is 0 Å². The number of nitro benzene ring substituents is 1. The zero-order valence-corrected chi connectivity index (χ0v) is 14.8. The van der Waals surface area contributed by atoms with Gasteiger partial charge in [-0.3, -0.25) is 10.1 Å². The van der Waals surface area contributed by atoms with Gasteiger partial charge in [-0.15, -0.1) is 14.1 Å². The van der Waals surface area contributed by atoms with E-state index in [1.165, 1.54) is 18.2 Å². The first-order valence-electron chi connectivity index (χ1n) is 7.23. The van der Waals surface area contributed by atoms with E-state index in [-0.39, 0.29) is 17.1 Å². The predicted octanol–water partition coefficient (Wildman–Crippen LogP) is 5.18. The first-order chi connectivity index (χ1) is 12.7. The molecular formula is C16H9ClFN3O5S. The van der Waals surface area contributed by atoms with Gasteiger partial charge in [0.15, 0.2) is 5.69 Å². The fraction of sp³-hybridized carbons (Fsp3) is 0. The summed E-state index contributed by atoms with van der Waals surface area (Å²) in [5.41, 5.74) is -0.692. The highest BCUT2D eigenvalue weighted by Gasteiger charge is 2.21. The molecule has 0 aliphatic rings. The van der Waals surface area contributed by atoms with Crippen molar-refractivity contribution in [2.24, 2.45) is 10.2 Å². The molecule has 0 unspecified atom stereocenters. The van der Waals surface area contributed by atoms with E-state index in [1.54, 1.807) is 12.1 Å². The first-order valence-corrected chi connectivity index (χ1v) is 8.99. The second kappa shape index (κ2) is 6.89. The molecule has 0 spiro atoms. The van der Waals surface area contributed by atoms with Gasteiger partial charge < -0.3 is 5.11 Å². The molecule has 3 rings (SSSR count). The van der Waals surface area contributed by atoms with E-state index in [1.807, 2.05) is 0 Å². The second-order valence-electron chi connectivity index (χ2n) is 5.34. The second-order valence-corrected chi connectivity index (χ2v) is 7.12. The van der Waals surface area contributed by atoms with Crippen LogP contribution in [0.4, 0.5) is 20.9 Å². The minimum Gasteiger partial charge on any atom is -0.507 e. The topological polar surface area (TPSA) is 122 Å². The van der Waals surface area contributed by atoms with Gasteiger partial charge in [0.2, 0.25) is 0 Å². The summed E-state index contributed by atoms with van der Waals surface area (Å²) in [5.74, 6) is -0.0325. The highest BCUT2D eigenvalue weighted by Crippen LogP contribution is 2.37. The van der Waals surface area contributed by atoms with E-state index in [0.29, 0.717) is 21.9 Å². The minimum atomic E-state index is -5.10. The lowest BCUT2D eigenvalue weighted by molar-refractivity contribution is -0.384. The molecule has 0 saturated carbocycles. The summed E-state index contributed by atoms with van der Waals surface area (Å²) in [4.78, 5) is 9.41. The predicted molar refractivity (Wildman–Crippen MR) is 96.2 cm³/mol. The van der Waals surface area contributed by atoms with Crippen LogP contribution in [0, 0.1) is 10.1 Å². The summed E-state index contributed by atoms with van der Waals surface area (Å²) in [6.07, 6.45) is 0. The third-order valence-corrected chi connectivity index (χ3v) is 4.68. The Morgan fingerprint density at radius 3 is 2.33 bits per heavy atom. The molecule has 138 valence electrons. The Balaban J connectivity index is 2.10. The first kappa shape index (κ1) is 18.7. The Kier molecular flexibility index (Phi) is 4.77. The fourth-order valence-corrected chi connectivity index (χ4v) is 3.02. The number of nitrogens with zero attached hydrogens (tertiary/aromatic N) is 3. The molecule has 0 radical (unpaired) electrons. The molecule has 0 heterocycles. The number of halogens is 2. The molecule has 27 heavy (non-hydrogen) atoms. The number of rotatable bonds is 4. The third kappa shape index (κ3) is 3.86. The number of aromatic hydroxyl groups is 1. The number of benzene rings is 3. The van der Waals surface area contributed by atoms with Gasteiger partial charge in [0.1, 0.15) is 10.6 Å². The summed E-state index contributed by atoms with van der Waals surface area (Å²) in [5, 5.41) is 30.1. The highest BCUT2D eigenvalue weighted by molar-refractivity contribution is 7.86. The SMILES string of the molecule is O=[N+]([O-])c1cc(S(=O)(=O)F)ccc1N=Nc1ccc(O)c2cc(Cl)ccc12. The summed E-state index contributed by atoms with van der Waals surface area (Å²) < 4.78 is 34.9. The highest BCUT2D eigenvalue weighted by atomic mass is 35.5. The average molecular weight is 410 g/mol. The molecule has 0 aliphatic heterocycles. The zero-order valence-electron chi connectivity index (χ0n) is 13.2. The van der Waals surface area contributed by atoms with Gasteiger partial charge in [-0.1, -0.05) is 17.7 Å². The molecule has 0 saturated heterocycles. The van der Waals surface area contributed by atoms with E-state index < -0.39 is 25.7 Å². The van der Waals surface area contributed by atoms with E-state index in [0.717, 1.165) is 12.1 Å². The Hall–Kier alpha value is -3.11. The standard InChI is InChI=1S/C16H9ClFN3O5S/c17-9-1-3-11-12(7-9)16(22)6-5-13(11)19-20-14-4-2-10(27(18,25)26)8-15(14)21(23)24/h1-8,22H. The van der Waals surface area contributed by atoms with E-state index in [2.05, 4.69) is 10.2 Å². The third-order valence-electron chi connectivity index (χ3n) is 3.62. The maximum absolute atomic E-state index is 13.1. The Morgan fingerprint density at radius 2 is 1.67 bits per heavy atom. The van der Waals surface area contributed by atoms with Gasteiger partial charge in [0, 0.05) is 21.9 Å². The van der Waals surface area contributed by atoms with Crippen LogP contribution >= 0.6 is 11.6 Å². The number of azo groups is 1. The maximum Gasteiger partial charge on any atom is 0.332 e. The number of hydrogen-bond donors (Lipinski definition) is 1. The number of hydrogen-bond acceptors (Lipinski definition) is 7. The van der Waals surface area contributed by atoms with E-state index in [4.69, 9.17) is 11.6 Å². The van der Waals surface area contributed by atoms with Crippen molar-refractivity contribution in [2.75, 3.05) is 0 Å². The van der Waals surface area contributed by atoms with Gasteiger partial charge in [-0.05, 0) is 36.4 Å². The summed E-state index contributed by atoms with van der Waals surface area (Å²) in [6.45, 7) is 0. The molecule has 11 heteroatoms. The average Bonchev–Trinajstić information content (AvgIpc) is 2.60. The lowest BCUT2D eigenvalue weighted by atomic mass is 10.1. The minimum absolute atomic E-state index is 0.0325. The summed E-state index contributed by atoms with van der Waals surface area (Å²) in [7, 11) is -5.10. The van der Waals surface area contributed by atoms with Crippen LogP contribution in [0.25, 0.3) is 10.8 Å². The van der Waals surface area contributed by atoms with Gasteiger partial charge in [0.25, 0.3) is 5.69 Å². The number of phenolic OH excluding ortho intramolecular Hbond substituents is 1. The molecule has 0 aromatic heterocycles. The summed E-state index contributed by atoms with van der Waals surface area (Å²) >= 11 is 5.90. The van der Waals surface area contributed by atoms with Crippen LogP contribution in [-0.4, -0.2) is 18.4 Å². The van der Waals surface area contributed by atoms with Crippen molar-refractivity contribution >= 4 is 49.7 Å². The molecule has 0 amide bonds. The Morgan fingerprint density at radius 1 is 1.00 bits per heavy atom. The fourth-order valence-electron chi connectivity index (χ4n) is 2.37. The van der Waals surface area contributed by atoms with Crippen molar-refractivity contribution in [3.8, 4) is 5.75 Å². The zero-order chi connectivity index (χ0) is 19.8. The van der Waals surface area contributed by atoms with Crippen molar-refractivity contribution in [1.82, 2.24) is 0 Å². The molecule has 0 atom stereocenters. The number of nitro groups is 1. The molecule has 1 N–H and O–H groups in total. The van der Waals surface area contributed by atoms with Crippen LogP contribution in [0.15, 0.2) is 63.7 Å².